The third-order valence-electron chi connectivity index (χ3n) is 4.19. The van der Waals surface area contributed by atoms with E-state index in [0.29, 0.717) is 17.0 Å². The van der Waals surface area contributed by atoms with Gasteiger partial charge >= 0.3 is 0 Å². The first-order valence-corrected chi connectivity index (χ1v) is 8.60. The van der Waals surface area contributed by atoms with Crippen molar-refractivity contribution in [3.63, 3.8) is 0 Å². The molecule has 1 aromatic heterocycles. The average molecular weight is 405 g/mol. The minimum absolute atomic E-state index is 0.0575. The molecule has 0 bridgehead atoms. The molecule has 0 atom stereocenters. The molecule has 150 valence electrons. The van der Waals surface area contributed by atoms with Crippen LogP contribution in [0.2, 0.25) is 0 Å². The first-order valence-electron chi connectivity index (χ1n) is 8.60. The molecular formula is C20H15N5O5. The van der Waals surface area contributed by atoms with E-state index in [1.54, 1.807) is 37.4 Å². The molecule has 30 heavy (non-hydrogen) atoms. The van der Waals surface area contributed by atoms with Gasteiger partial charge in [0.25, 0.3) is 11.2 Å². The van der Waals surface area contributed by atoms with Gasteiger partial charge in [0, 0.05) is 23.8 Å². The van der Waals surface area contributed by atoms with Gasteiger partial charge in [0.1, 0.15) is 18.4 Å². The van der Waals surface area contributed by atoms with Crippen molar-refractivity contribution in [3.8, 4) is 23.1 Å². The summed E-state index contributed by atoms with van der Waals surface area (Å²) < 4.78 is 6.20. The second kappa shape index (κ2) is 8.66. The van der Waals surface area contributed by atoms with Gasteiger partial charge in [-0.3, -0.25) is 24.3 Å². The number of nitrogens with zero attached hydrogens (tertiary/aromatic N) is 4. The number of non-ortho nitro benzene ring substituents is 1. The fraction of sp³-hybridized carbons (Fsp3) is 0.100. The first-order chi connectivity index (χ1) is 14.4. The largest absolute Gasteiger partial charge is 0.497 e. The van der Waals surface area contributed by atoms with Crippen molar-refractivity contribution in [2.45, 2.75) is 6.54 Å². The van der Waals surface area contributed by atoms with Crippen molar-refractivity contribution in [1.82, 2.24) is 9.55 Å². The maximum absolute atomic E-state index is 12.4. The molecule has 3 aromatic rings. The van der Waals surface area contributed by atoms with Crippen LogP contribution in [0.25, 0.3) is 11.3 Å². The monoisotopic (exact) mass is 405 g/mol. The van der Waals surface area contributed by atoms with Crippen LogP contribution in [-0.4, -0.2) is 27.5 Å². The summed E-state index contributed by atoms with van der Waals surface area (Å²) in [6, 6.07) is 13.6. The summed E-state index contributed by atoms with van der Waals surface area (Å²) in [6.45, 7) is -0.337. The standard InChI is InChI=1S/C20H15N5O5/c1-30-16-5-2-13(3-6-16)18-9-20(27)24(12-22-18)11-19(26)23-17-7-4-15(25(28)29)8-14(17)10-21/h2-9,12H,11H2,1H3,(H,23,26). The number of anilines is 1. The predicted octanol–water partition coefficient (Wildman–Crippen LogP) is 2.34. The Morgan fingerprint density at radius 3 is 2.60 bits per heavy atom. The molecule has 1 N–H and O–H groups in total. The molecule has 2 aromatic carbocycles. The van der Waals surface area contributed by atoms with Crippen LogP contribution < -0.4 is 15.6 Å². The summed E-state index contributed by atoms with van der Waals surface area (Å²) in [6.07, 6.45) is 1.25. The maximum atomic E-state index is 12.4. The van der Waals surface area contributed by atoms with Gasteiger partial charge < -0.3 is 10.1 Å². The Morgan fingerprint density at radius 1 is 1.27 bits per heavy atom. The van der Waals surface area contributed by atoms with E-state index in [-0.39, 0.29) is 23.5 Å². The molecule has 0 fully saturated rings. The molecule has 0 aliphatic heterocycles. The fourth-order valence-corrected chi connectivity index (χ4v) is 2.66. The highest BCUT2D eigenvalue weighted by Gasteiger charge is 2.14. The van der Waals surface area contributed by atoms with Crippen LogP contribution in [0, 0.1) is 21.4 Å². The number of amides is 1. The molecule has 0 aliphatic carbocycles. The van der Waals surface area contributed by atoms with Crippen molar-refractivity contribution in [3.05, 3.63) is 80.9 Å². The molecule has 1 heterocycles. The number of nitrogens with one attached hydrogen (secondary N) is 1. The molecule has 10 nitrogen and oxygen atoms in total. The lowest BCUT2D eigenvalue weighted by atomic mass is 10.1. The number of aromatic nitrogens is 2. The van der Waals surface area contributed by atoms with E-state index in [4.69, 9.17) is 10.00 Å². The van der Waals surface area contributed by atoms with Crippen molar-refractivity contribution in [2.24, 2.45) is 0 Å². The van der Waals surface area contributed by atoms with Crippen LogP contribution in [0.3, 0.4) is 0 Å². The Kier molecular flexibility index (Phi) is 5.84. The molecule has 0 radical (unpaired) electrons. The van der Waals surface area contributed by atoms with Crippen molar-refractivity contribution >= 4 is 17.3 Å². The highest BCUT2D eigenvalue weighted by atomic mass is 16.6. The zero-order chi connectivity index (χ0) is 21.7. The lowest BCUT2D eigenvalue weighted by molar-refractivity contribution is -0.384. The minimum Gasteiger partial charge on any atom is -0.497 e. The number of nitriles is 1. The van der Waals surface area contributed by atoms with Gasteiger partial charge in [-0.25, -0.2) is 4.98 Å². The highest BCUT2D eigenvalue weighted by molar-refractivity contribution is 5.92. The van der Waals surface area contributed by atoms with Gasteiger partial charge in [-0.05, 0) is 30.3 Å². The third-order valence-corrected chi connectivity index (χ3v) is 4.19. The summed E-state index contributed by atoms with van der Waals surface area (Å²) in [5.41, 5.74) is 0.520. The lowest BCUT2D eigenvalue weighted by Gasteiger charge is -2.09. The van der Waals surface area contributed by atoms with E-state index in [1.807, 2.05) is 0 Å². The number of hydrogen-bond donors (Lipinski definition) is 1. The maximum Gasteiger partial charge on any atom is 0.270 e. The second-order valence-electron chi connectivity index (χ2n) is 6.12. The zero-order valence-corrected chi connectivity index (χ0v) is 15.7. The van der Waals surface area contributed by atoms with Crippen LogP contribution in [-0.2, 0) is 11.3 Å². The first kappa shape index (κ1) is 20.2. The molecule has 10 heteroatoms. The average Bonchev–Trinajstić information content (AvgIpc) is 2.75. The molecule has 0 saturated carbocycles. The summed E-state index contributed by atoms with van der Waals surface area (Å²) in [7, 11) is 1.55. The summed E-state index contributed by atoms with van der Waals surface area (Å²) in [5, 5.41) is 22.4. The van der Waals surface area contributed by atoms with Crippen LogP contribution in [0.5, 0.6) is 5.75 Å². The Labute approximate surface area is 170 Å². The Morgan fingerprint density at radius 2 is 2.00 bits per heavy atom. The molecule has 0 aliphatic rings. The quantitative estimate of drug-likeness (QED) is 0.490. The number of rotatable bonds is 6. The third kappa shape index (κ3) is 4.48. The number of carbonyl (C=O) groups is 1. The molecule has 3 rings (SSSR count). The number of methoxy groups -OCH3 is 1. The number of ether oxygens (including phenoxy) is 1. The van der Waals surface area contributed by atoms with Crippen LogP contribution >= 0.6 is 0 Å². The van der Waals surface area contributed by atoms with E-state index >= 15 is 0 Å². The van der Waals surface area contributed by atoms with Gasteiger partial charge in [-0.2, -0.15) is 5.26 Å². The van der Waals surface area contributed by atoms with E-state index in [2.05, 4.69) is 10.3 Å². The normalized spacial score (nSPS) is 10.1. The SMILES string of the molecule is COc1ccc(-c2cc(=O)n(CC(=O)Nc3ccc([N+](=O)[O-])cc3C#N)cn2)cc1. The smallest absolute Gasteiger partial charge is 0.270 e. The van der Waals surface area contributed by atoms with Gasteiger partial charge in [-0.1, -0.05) is 0 Å². The van der Waals surface area contributed by atoms with Crippen LogP contribution in [0.4, 0.5) is 11.4 Å². The molecule has 1 amide bonds. The predicted molar refractivity (Wildman–Crippen MR) is 107 cm³/mol. The molecule has 0 unspecified atom stereocenters. The minimum atomic E-state index is -0.637. The number of benzene rings is 2. The van der Waals surface area contributed by atoms with Gasteiger partial charge in [0.15, 0.2) is 0 Å². The Balaban J connectivity index is 1.75. The Bertz CT molecular complexity index is 1210. The molecular weight excluding hydrogens is 390 g/mol. The Hall–Kier alpha value is -4.52. The van der Waals surface area contributed by atoms with Crippen molar-refractivity contribution < 1.29 is 14.5 Å². The highest BCUT2D eigenvalue weighted by Crippen LogP contribution is 2.22. The summed E-state index contributed by atoms with van der Waals surface area (Å²) >= 11 is 0. The summed E-state index contributed by atoms with van der Waals surface area (Å²) in [4.78, 5) is 39.0. The number of carbonyl (C=O) groups excluding carboxylic acids is 1. The number of hydrogen-bond acceptors (Lipinski definition) is 7. The number of nitro groups is 1. The summed E-state index contributed by atoms with van der Waals surface area (Å²) in [5.74, 6) is 0.0909. The fourth-order valence-electron chi connectivity index (χ4n) is 2.66. The van der Waals surface area contributed by atoms with Gasteiger partial charge in [0.2, 0.25) is 5.91 Å². The van der Waals surface area contributed by atoms with Crippen molar-refractivity contribution in [1.29, 1.82) is 5.26 Å². The number of nitro benzene ring substituents is 1. The van der Waals surface area contributed by atoms with E-state index in [1.165, 1.54) is 24.5 Å². The zero-order valence-electron chi connectivity index (χ0n) is 15.7. The molecule has 0 saturated heterocycles. The van der Waals surface area contributed by atoms with Gasteiger partial charge in [-0.15, -0.1) is 0 Å². The van der Waals surface area contributed by atoms with Crippen LogP contribution in [0.1, 0.15) is 5.56 Å². The van der Waals surface area contributed by atoms with Crippen molar-refractivity contribution in [2.75, 3.05) is 12.4 Å². The second-order valence-corrected chi connectivity index (χ2v) is 6.12. The van der Waals surface area contributed by atoms with E-state index in [9.17, 15) is 19.7 Å². The van der Waals surface area contributed by atoms with E-state index < -0.39 is 16.4 Å². The molecule has 0 spiro atoms. The van der Waals surface area contributed by atoms with E-state index in [0.717, 1.165) is 10.6 Å². The van der Waals surface area contributed by atoms with Gasteiger partial charge in [0.05, 0.1) is 35.3 Å². The lowest BCUT2D eigenvalue weighted by Crippen LogP contribution is -2.27. The van der Waals surface area contributed by atoms with Crippen LogP contribution in [0.15, 0.2) is 59.7 Å². The topological polar surface area (TPSA) is 140 Å².